The maximum absolute atomic E-state index is 13.4. The van der Waals surface area contributed by atoms with Gasteiger partial charge in [0.05, 0.1) is 12.1 Å². The zero-order valence-corrected chi connectivity index (χ0v) is 31.3. The standard InChI is InChI=1S/C29H49N7O6.2C2HF3O2/c1-6-18(4)23(27(40)36-24(19(5)37)28(41)42-16-20-11-8-7-9-12-20)35-26(39)22(13-10-14-33-29(31)32)34-25(38)21(30)15-17(2)3;2*3-2(4,5)1(6)7/h7-9,11-12,17-19,21-24,37H,6,10,13-16,30H2,1-5H3,(H,34,38)(H,35,39)(H,36,40)(H4,31,32,33);2*(H,6,7)/t18-,19-,21-,22+,23-,24-;;/m0../s1. The summed E-state index contributed by atoms with van der Waals surface area (Å²) in [4.78, 5) is 70.1. The van der Waals surface area contributed by atoms with Crippen LogP contribution in [0, 0.1) is 17.2 Å². The van der Waals surface area contributed by atoms with Crippen molar-refractivity contribution in [2.45, 2.75) is 110 Å². The van der Waals surface area contributed by atoms with Crippen molar-refractivity contribution in [2.24, 2.45) is 23.3 Å². The Kier molecular flexibility index (Phi) is 24.4. The minimum Gasteiger partial charge on any atom is -0.475 e. The van der Waals surface area contributed by atoms with Crippen molar-refractivity contribution in [2.75, 3.05) is 6.54 Å². The number of carboxylic acid groups (broad SMARTS) is 2. The summed E-state index contributed by atoms with van der Waals surface area (Å²) in [5, 5.41) is 42.4. The molecule has 1 aromatic rings. The molecule has 320 valence electrons. The van der Waals surface area contributed by atoms with Gasteiger partial charge in [0.2, 0.25) is 17.7 Å². The van der Waals surface area contributed by atoms with E-state index in [0.717, 1.165) is 5.56 Å². The van der Waals surface area contributed by atoms with Crippen LogP contribution in [0.25, 0.3) is 0 Å². The first-order chi connectivity index (χ1) is 25.6. The number of nitrogens with one attached hydrogen (secondary N) is 5. The number of amides is 3. The zero-order chi connectivity index (χ0) is 44.0. The number of hydrogen-bond donors (Lipinski definition) is 10. The third-order valence-corrected chi connectivity index (χ3v) is 7.22. The second-order valence-corrected chi connectivity index (χ2v) is 12.6. The Morgan fingerprint density at radius 3 is 1.71 bits per heavy atom. The molecule has 0 heterocycles. The van der Waals surface area contributed by atoms with Crippen molar-refractivity contribution in [3.8, 4) is 0 Å². The molecule has 3 amide bonds. The van der Waals surface area contributed by atoms with Crippen LogP contribution in [-0.4, -0.2) is 106 Å². The molecule has 1 rings (SSSR count). The number of alkyl halides is 6. The summed E-state index contributed by atoms with van der Waals surface area (Å²) < 4.78 is 68.8. The highest BCUT2D eigenvalue weighted by Crippen LogP contribution is 2.14. The van der Waals surface area contributed by atoms with Crippen LogP contribution >= 0.6 is 0 Å². The molecule has 6 atom stereocenters. The Morgan fingerprint density at radius 2 is 1.30 bits per heavy atom. The van der Waals surface area contributed by atoms with E-state index >= 15 is 0 Å². The number of benzene rings is 1. The predicted octanol–water partition coefficient (Wildman–Crippen LogP) is 1.51. The van der Waals surface area contributed by atoms with E-state index in [2.05, 4.69) is 21.3 Å². The van der Waals surface area contributed by atoms with Crippen LogP contribution in [0.1, 0.15) is 65.9 Å². The van der Waals surface area contributed by atoms with Gasteiger partial charge in [-0.3, -0.25) is 19.8 Å². The number of esters is 1. The molecular weight excluding hydrogens is 768 g/mol. The Morgan fingerprint density at radius 1 is 0.821 bits per heavy atom. The van der Waals surface area contributed by atoms with Gasteiger partial charge in [-0.15, -0.1) is 0 Å². The summed E-state index contributed by atoms with van der Waals surface area (Å²) in [5.41, 5.74) is 12.1. The first kappa shape index (κ1) is 52.9. The maximum atomic E-state index is 13.4. The van der Waals surface area contributed by atoms with Gasteiger partial charge in [0.1, 0.15) is 18.7 Å². The number of aliphatic hydroxyl groups is 1. The van der Waals surface area contributed by atoms with Crippen LogP contribution in [0.2, 0.25) is 0 Å². The van der Waals surface area contributed by atoms with Gasteiger partial charge in [0.25, 0.3) is 0 Å². The van der Waals surface area contributed by atoms with Crippen molar-refractivity contribution in [3.63, 3.8) is 0 Å². The van der Waals surface area contributed by atoms with E-state index in [0.29, 0.717) is 25.8 Å². The third kappa shape index (κ3) is 23.6. The highest BCUT2D eigenvalue weighted by Gasteiger charge is 2.39. The van der Waals surface area contributed by atoms with E-state index in [-0.39, 0.29) is 30.8 Å². The minimum atomic E-state index is -5.08. The van der Waals surface area contributed by atoms with E-state index in [1.165, 1.54) is 6.92 Å². The maximum Gasteiger partial charge on any atom is 0.490 e. The topological polar surface area (TPSA) is 296 Å². The van der Waals surface area contributed by atoms with E-state index in [1.54, 1.807) is 31.2 Å². The summed E-state index contributed by atoms with van der Waals surface area (Å²) >= 11 is 0. The van der Waals surface area contributed by atoms with Gasteiger partial charge in [-0.05, 0) is 43.6 Å². The molecule has 0 saturated heterocycles. The van der Waals surface area contributed by atoms with Crippen molar-refractivity contribution < 1.29 is 75.2 Å². The van der Waals surface area contributed by atoms with E-state index < -0.39 is 78.3 Å². The predicted molar refractivity (Wildman–Crippen MR) is 187 cm³/mol. The van der Waals surface area contributed by atoms with Crippen LogP contribution in [0.3, 0.4) is 0 Å². The molecule has 0 saturated carbocycles. The lowest BCUT2D eigenvalue weighted by Crippen LogP contribution is -2.60. The van der Waals surface area contributed by atoms with Crippen LogP contribution < -0.4 is 32.7 Å². The first-order valence-electron chi connectivity index (χ1n) is 16.9. The fourth-order valence-corrected chi connectivity index (χ4v) is 4.09. The molecule has 0 aliphatic carbocycles. The van der Waals surface area contributed by atoms with Gasteiger partial charge in [-0.2, -0.15) is 26.3 Å². The Hall–Kier alpha value is -5.19. The molecule has 0 unspecified atom stereocenters. The highest BCUT2D eigenvalue weighted by molar-refractivity contribution is 5.94. The van der Waals surface area contributed by atoms with Crippen LogP contribution in [0.15, 0.2) is 30.3 Å². The van der Waals surface area contributed by atoms with Crippen LogP contribution in [0.4, 0.5) is 26.3 Å². The lowest BCUT2D eigenvalue weighted by atomic mass is 9.96. The molecule has 0 bridgehead atoms. The second-order valence-electron chi connectivity index (χ2n) is 12.6. The number of carbonyl (C=O) groups is 6. The number of carboxylic acids is 2. The fourth-order valence-electron chi connectivity index (χ4n) is 4.09. The minimum absolute atomic E-state index is 0.0386. The zero-order valence-electron chi connectivity index (χ0n) is 31.3. The monoisotopic (exact) mass is 819 g/mol. The first-order valence-corrected chi connectivity index (χ1v) is 16.9. The second kappa shape index (κ2) is 25.8. The lowest BCUT2D eigenvalue weighted by molar-refractivity contribution is -0.193. The summed E-state index contributed by atoms with van der Waals surface area (Å²) in [6.07, 6.45) is -9.94. The highest BCUT2D eigenvalue weighted by atomic mass is 19.4. The van der Waals surface area contributed by atoms with Crippen LogP contribution in [0.5, 0.6) is 0 Å². The average Bonchev–Trinajstić information content (AvgIpc) is 3.08. The molecule has 12 N–H and O–H groups in total. The summed E-state index contributed by atoms with van der Waals surface area (Å²) in [5.74, 6) is -8.53. The number of aliphatic carboxylic acids is 2. The molecule has 56 heavy (non-hydrogen) atoms. The molecule has 0 aromatic heterocycles. The average molecular weight is 820 g/mol. The number of aliphatic hydroxyl groups excluding tert-OH is 1. The molecule has 1 aromatic carbocycles. The molecular formula is C33H51F6N7O10. The number of nitrogens with two attached hydrogens (primary N) is 2. The number of rotatable bonds is 18. The molecule has 0 spiro atoms. The van der Waals surface area contributed by atoms with Crippen molar-refractivity contribution in [1.29, 1.82) is 5.41 Å². The largest absolute Gasteiger partial charge is 0.490 e. The van der Waals surface area contributed by atoms with Crippen LogP contribution in [-0.2, 0) is 40.1 Å². The van der Waals surface area contributed by atoms with Gasteiger partial charge in [-0.25, -0.2) is 14.4 Å². The number of carbonyl (C=O) groups excluding carboxylic acids is 4. The van der Waals surface area contributed by atoms with Crippen molar-refractivity contribution in [1.82, 2.24) is 21.3 Å². The number of halogens is 6. The molecule has 0 aliphatic rings. The van der Waals surface area contributed by atoms with Gasteiger partial charge in [0, 0.05) is 6.54 Å². The molecule has 0 radical (unpaired) electrons. The van der Waals surface area contributed by atoms with E-state index in [4.69, 9.17) is 41.4 Å². The SMILES string of the molecule is CC[C@H](C)[C@H](NC(=O)[C@@H](CCCNC(=N)N)NC(=O)[C@@H](N)CC(C)C)C(=O)N[C@H](C(=O)OCc1ccccc1)[C@H](C)O.O=C(O)C(F)(F)F.O=C(O)C(F)(F)F. The van der Waals surface area contributed by atoms with E-state index in [1.807, 2.05) is 26.8 Å². The van der Waals surface area contributed by atoms with Gasteiger partial charge in [-0.1, -0.05) is 64.4 Å². The quantitative estimate of drug-likeness (QED) is 0.0331. The Labute approximate surface area is 318 Å². The van der Waals surface area contributed by atoms with Gasteiger partial charge in [0.15, 0.2) is 12.0 Å². The summed E-state index contributed by atoms with van der Waals surface area (Å²) in [6, 6.07) is 4.68. The molecule has 0 fully saturated rings. The smallest absolute Gasteiger partial charge is 0.475 e. The van der Waals surface area contributed by atoms with Crippen molar-refractivity contribution >= 4 is 41.6 Å². The lowest BCUT2D eigenvalue weighted by Gasteiger charge is -2.29. The Bertz CT molecular complexity index is 1390. The number of ether oxygens (including phenoxy) is 1. The van der Waals surface area contributed by atoms with E-state index in [9.17, 15) is 50.6 Å². The van der Waals surface area contributed by atoms with Gasteiger partial charge >= 0.3 is 30.3 Å². The van der Waals surface area contributed by atoms with Gasteiger partial charge < -0.3 is 52.8 Å². The molecule has 0 aliphatic heterocycles. The molecule has 23 heteroatoms. The number of guanidine groups is 1. The third-order valence-electron chi connectivity index (χ3n) is 7.22. The number of hydrogen-bond acceptors (Lipinski definition) is 10. The summed E-state index contributed by atoms with van der Waals surface area (Å²) in [6.45, 7) is 9.07. The Balaban J connectivity index is 0. The summed E-state index contributed by atoms with van der Waals surface area (Å²) in [7, 11) is 0. The molecule has 17 nitrogen and oxygen atoms in total. The van der Waals surface area contributed by atoms with Crippen molar-refractivity contribution in [3.05, 3.63) is 35.9 Å². The fraction of sp³-hybridized carbons (Fsp3) is 0.606. The normalized spacial score (nSPS) is 14.3.